The Balaban J connectivity index is 1.93. The number of hydrogen-bond acceptors (Lipinski definition) is 4. The molecule has 0 amide bonds. The maximum Gasteiger partial charge on any atom is 0.231 e. The molecule has 0 radical (unpaired) electrons. The number of hydrogen-bond donors (Lipinski definition) is 0. The number of aromatic nitrogens is 4. The zero-order valence-corrected chi connectivity index (χ0v) is 13.4. The number of nitrogens with zero attached hydrogens (tertiary/aromatic N) is 4. The van der Waals surface area contributed by atoms with Gasteiger partial charge in [0.25, 0.3) is 0 Å². The van der Waals surface area contributed by atoms with Crippen molar-refractivity contribution < 1.29 is 4.52 Å². The predicted molar refractivity (Wildman–Crippen MR) is 84.2 cm³/mol. The standard InChI is InChI=1S/C17H20N4O/c1-11(2)17-18-16(22-20-17)10-15-12(3)19-21(13(15)4)14-8-6-5-7-9-14/h5-9,11H,10H2,1-4H3. The molecule has 0 bridgehead atoms. The quantitative estimate of drug-likeness (QED) is 0.738. The van der Waals surface area contributed by atoms with E-state index in [1.54, 1.807) is 0 Å². The second-order valence-electron chi connectivity index (χ2n) is 5.77. The van der Waals surface area contributed by atoms with Crippen molar-refractivity contribution >= 4 is 0 Å². The lowest BCUT2D eigenvalue weighted by atomic mass is 10.1. The largest absolute Gasteiger partial charge is 0.339 e. The summed E-state index contributed by atoms with van der Waals surface area (Å²) in [6.07, 6.45) is 0.615. The number of para-hydroxylation sites is 1. The Morgan fingerprint density at radius 3 is 2.50 bits per heavy atom. The summed E-state index contributed by atoms with van der Waals surface area (Å²) in [5.74, 6) is 1.66. The van der Waals surface area contributed by atoms with Crippen LogP contribution in [0.15, 0.2) is 34.9 Å². The van der Waals surface area contributed by atoms with Crippen LogP contribution in [0.1, 0.15) is 48.4 Å². The molecule has 5 nitrogen and oxygen atoms in total. The maximum atomic E-state index is 5.36. The smallest absolute Gasteiger partial charge is 0.231 e. The highest BCUT2D eigenvalue weighted by molar-refractivity contribution is 5.37. The van der Waals surface area contributed by atoms with Crippen LogP contribution in [0.25, 0.3) is 5.69 Å². The molecule has 0 saturated heterocycles. The summed E-state index contributed by atoms with van der Waals surface area (Å²) in [5.41, 5.74) is 4.30. The zero-order valence-electron chi connectivity index (χ0n) is 13.4. The molecule has 0 unspecified atom stereocenters. The van der Waals surface area contributed by atoms with E-state index < -0.39 is 0 Å². The maximum absolute atomic E-state index is 5.36. The summed E-state index contributed by atoms with van der Waals surface area (Å²) in [4.78, 5) is 4.45. The van der Waals surface area contributed by atoms with E-state index >= 15 is 0 Å². The van der Waals surface area contributed by atoms with Gasteiger partial charge in [0.2, 0.25) is 5.89 Å². The summed E-state index contributed by atoms with van der Waals surface area (Å²) >= 11 is 0. The second kappa shape index (κ2) is 5.75. The molecule has 1 aromatic carbocycles. The molecule has 0 spiro atoms. The molecule has 114 valence electrons. The minimum Gasteiger partial charge on any atom is -0.339 e. The van der Waals surface area contributed by atoms with Crippen LogP contribution in [-0.2, 0) is 6.42 Å². The minimum absolute atomic E-state index is 0.270. The third-order valence-electron chi connectivity index (χ3n) is 3.77. The van der Waals surface area contributed by atoms with Crippen LogP contribution in [0.2, 0.25) is 0 Å². The number of benzene rings is 1. The lowest BCUT2D eigenvalue weighted by molar-refractivity contribution is 0.377. The van der Waals surface area contributed by atoms with Gasteiger partial charge in [-0.15, -0.1) is 0 Å². The summed E-state index contributed by atoms with van der Waals surface area (Å²) in [6, 6.07) is 10.1. The van der Waals surface area contributed by atoms with Crippen LogP contribution in [0, 0.1) is 13.8 Å². The summed E-state index contributed by atoms with van der Waals surface area (Å²) in [5, 5.41) is 8.67. The van der Waals surface area contributed by atoms with E-state index in [0.29, 0.717) is 12.3 Å². The van der Waals surface area contributed by atoms with Crippen molar-refractivity contribution in [2.45, 2.75) is 40.0 Å². The van der Waals surface area contributed by atoms with Gasteiger partial charge in [0, 0.05) is 17.2 Å². The van der Waals surface area contributed by atoms with Crippen molar-refractivity contribution in [1.29, 1.82) is 0 Å². The topological polar surface area (TPSA) is 56.7 Å². The van der Waals surface area contributed by atoms with Gasteiger partial charge >= 0.3 is 0 Å². The van der Waals surface area contributed by atoms with Gasteiger partial charge < -0.3 is 4.52 Å². The van der Waals surface area contributed by atoms with Crippen molar-refractivity contribution in [3.8, 4) is 5.69 Å². The van der Waals surface area contributed by atoms with Gasteiger partial charge in [0.15, 0.2) is 5.82 Å². The van der Waals surface area contributed by atoms with Crippen molar-refractivity contribution in [2.75, 3.05) is 0 Å². The van der Waals surface area contributed by atoms with Gasteiger partial charge in [-0.1, -0.05) is 37.2 Å². The molecular weight excluding hydrogens is 276 g/mol. The van der Waals surface area contributed by atoms with E-state index in [1.807, 2.05) is 41.9 Å². The second-order valence-corrected chi connectivity index (χ2v) is 5.77. The van der Waals surface area contributed by atoms with Crippen molar-refractivity contribution in [1.82, 2.24) is 19.9 Å². The van der Waals surface area contributed by atoms with Gasteiger partial charge in [0.1, 0.15) is 0 Å². The van der Waals surface area contributed by atoms with Crippen LogP contribution >= 0.6 is 0 Å². The van der Waals surface area contributed by atoms with Crippen LogP contribution < -0.4 is 0 Å². The first-order chi connectivity index (χ1) is 10.6. The van der Waals surface area contributed by atoms with Crippen molar-refractivity contribution in [3.63, 3.8) is 0 Å². The molecule has 2 heterocycles. The molecule has 0 aliphatic rings. The van der Waals surface area contributed by atoms with Gasteiger partial charge in [-0.3, -0.25) is 0 Å². The fourth-order valence-electron chi connectivity index (χ4n) is 2.48. The first-order valence-corrected chi connectivity index (χ1v) is 7.49. The highest BCUT2D eigenvalue weighted by Crippen LogP contribution is 2.21. The molecule has 0 N–H and O–H groups in total. The summed E-state index contributed by atoms with van der Waals surface area (Å²) in [6.45, 7) is 8.20. The van der Waals surface area contributed by atoms with Crippen LogP contribution in [0.3, 0.4) is 0 Å². The molecule has 5 heteroatoms. The lowest BCUT2D eigenvalue weighted by Gasteiger charge is -2.04. The van der Waals surface area contributed by atoms with E-state index in [-0.39, 0.29) is 5.92 Å². The van der Waals surface area contributed by atoms with E-state index in [1.165, 1.54) is 0 Å². The van der Waals surface area contributed by atoms with Crippen LogP contribution in [0.5, 0.6) is 0 Å². The van der Waals surface area contributed by atoms with E-state index in [0.717, 1.165) is 28.5 Å². The SMILES string of the molecule is Cc1nn(-c2ccccc2)c(C)c1Cc1nc(C(C)C)no1. The fraction of sp³-hybridized carbons (Fsp3) is 0.353. The van der Waals surface area contributed by atoms with Gasteiger partial charge in [-0.25, -0.2) is 4.68 Å². The molecule has 22 heavy (non-hydrogen) atoms. The Kier molecular flexibility index (Phi) is 3.79. The normalized spacial score (nSPS) is 11.3. The average molecular weight is 296 g/mol. The molecule has 0 aliphatic carbocycles. The molecule has 3 aromatic rings. The Labute approximate surface area is 130 Å². The first kappa shape index (κ1) is 14.5. The van der Waals surface area contributed by atoms with Gasteiger partial charge in [0.05, 0.1) is 17.8 Å². The van der Waals surface area contributed by atoms with E-state index in [2.05, 4.69) is 36.0 Å². The molecule has 0 fully saturated rings. The third-order valence-corrected chi connectivity index (χ3v) is 3.77. The number of aryl methyl sites for hydroxylation is 1. The Morgan fingerprint density at radius 1 is 1.14 bits per heavy atom. The molecular formula is C17H20N4O. The van der Waals surface area contributed by atoms with Crippen molar-refractivity contribution in [2.24, 2.45) is 0 Å². The number of rotatable bonds is 4. The van der Waals surface area contributed by atoms with Crippen LogP contribution in [0.4, 0.5) is 0 Å². The van der Waals surface area contributed by atoms with Gasteiger partial charge in [-0.05, 0) is 26.0 Å². The monoisotopic (exact) mass is 296 g/mol. The van der Waals surface area contributed by atoms with E-state index in [9.17, 15) is 0 Å². The lowest BCUT2D eigenvalue weighted by Crippen LogP contribution is -1.99. The Bertz CT molecular complexity index is 771. The fourth-order valence-corrected chi connectivity index (χ4v) is 2.48. The Morgan fingerprint density at radius 2 is 1.86 bits per heavy atom. The molecule has 3 rings (SSSR count). The summed E-state index contributed by atoms with van der Waals surface area (Å²) in [7, 11) is 0. The Hall–Kier alpha value is -2.43. The molecule has 2 aromatic heterocycles. The molecule has 0 aliphatic heterocycles. The summed E-state index contributed by atoms with van der Waals surface area (Å²) < 4.78 is 7.32. The molecule has 0 atom stereocenters. The highest BCUT2D eigenvalue weighted by Gasteiger charge is 2.17. The van der Waals surface area contributed by atoms with Gasteiger partial charge in [-0.2, -0.15) is 10.1 Å². The van der Waals surface area contributed by atoms with Crippen molar-refractivity contribution in [3.05, 3.63) is 59.0 Å². The third kappa shape index (κ3) is 2.66. The predicted octanol–water partition coefficient (Wildman–Crippen LogP) is 3.59. The van der Waals surface area contributed by atoms with E-state index in [4.69, 9.17) is 4.52 Å². The zero-order chi connectivity index (χ0) is 15.7. The van der Waals surface area contributed by atoms with Crippen LogP contribution in [-0.4, -0.2) is 19.9 Å². The first-order valence-electron chi connectivity index (χ1n) is 7.49. The average Bonchev–Trinajstić information content (AvgIpc) is 3.09. The highest BCUT2D eigenvalue weighted by atomic mass is 16.5. The molecule has 0 saturated carbocycles. The minimum atomic E-state index is 0.270.